The van der Waals surface area contributed by atoms with E-state index in [0.717, 1.165) is 24.2 Å². The molecule has 0 bridgehead atoms. The number of aromatic nitrogens is 1. The van der Waals surface area contributed by atoms with Gasteiger partial charge in [0.05, 0.1) is 5.69 Å². The molecular weight excluding hydrogens is 282 g/mol. The van der Waals surface area contributed by atoms with Crippen molar-refractivity contribution in [2.75, 3.05) is 13.1 Å². The summed E-state index contributed by atoms with van der Waals surface area (Å²) in [5.41, 5.74) is 7.64. The number of hydrogen-bond acceptors (Lipinski definition) is 4. The lowest BCUT2D eigenvalue weighted by molar-refractivity contribution is 0.0748. The zero-order chi connectivity index (χ0) is 14.8. The lowest BCUT2D eigenvalue weighted by atomic mass is 10.1. The van der Waals surface area contributed by atoms with Gasteiger partial charge in [-0.25, -0.2) is 0 Å². The summed E-state index contributed by atoms with van der Waals surface area (Å²) in [7, 11) is 0. The Kier molecular flexibility index (Phi) is 4.03. The highest BCUT2D eigenvalue weighted by Gasteiger charge is 2.32. The van der Waals surface area contributed by atoms with Gasteiger partial charge in [0.1, 0.15) is 4.88 Å². The summed E-state index contributed by atoms with van der Waals surface area (Å²) in [5.74, 6) is 0.503. The van der Waals surface area contributed by atoms with Crippen molar-refractivity contribution in [3.05, 3.63) is 41.3 Å². The fourth-order valence-electron chi connectivity index (χ4n) is 2.86. The summed E-state index contributed by atoms with van der Waals surface area (Å²) >= 11 is 1.28. The molecule has 110 valence electrons. The molecule has 2 unspecified atom stereocenters. The molecule has 1 aliphatic rings. The summed E-state index contributed by atoms with van der Waals surface area (Å²) in [6.45, 7) is 3.49. The molecule has 1 saturated heterocycles. The smallest absolute Gasteiger partial charge is 0.265 e. The average Bonchev–Trinajstić information content (AvgIpc) is 3.14. The summed E-state index contributed by atoms with van der Waals surface area (Å²) < 4.78 is 4.41. The highest BCUT2D eigenvalue weighted by Crippen LogP contribution is 2.27. The first kappa shape index (κ1) is 14.2. The van der Waals surface area contributed by atoms with E-state index in [0.29, 0.717) is 17.3 Å². The summed E-state index contributed by atoms with van der Waals surface area (Å²) in [6, 6.07) is 12.1. The minimum Gasteiger partial charge on any atom is -0.335 e. The molecule has 2 atom stereocenters. The fraction of sp³-hybridized carbons (Fsp3) is 0.375. The number of likely N-dealkylation sites (tertiary alicyclic amines) is 1. The second-order valence-electron chi connectivity index (χ2n) is 5.59. The third-order valence-corrected chi connectivity index (χ3v) is 4.82. The molecule has 1 amide bonds. The Balaban J connectivity index is 1.79. The van der Waals surface area contributed by atoms with Crippen LogP contribution in [0, 0.1) is 5.92 Å². The average molecular weight is 301 g/mol. The van der Waals surface area contributed by atoms with Crippen LogP contribution in [0.25, 0.3) is 11.3 Å². The second-order valence-corrected chi connectivity index (χ2v) is 6.39. The number of amides is 1. The summed E-state index contributed by atoms with van der Waals surface area (Å²) in [6.07, 6.45) is 0.993. The molecule has 21 heavy (non-hydrogen) atoms. The molecule has 2 aromatic rings. The molecule has 4 nitrogen and oxygen atoms in total. The van der Waals surface area contributed by atoms with E-state index in [-0.39, 0.29) is 11.9 Å². The first-order valence-electron chi connectivity index (χ1n) is 7.22. The van der Waals surface area contributed by atoms with Gasteiger partial charge in [0, 0.05) is 18.2 Å². The van der Waals surface area contributed by atoms with E-state index in [9.17, 15) is 4.79 Å². The van der Waals surface area contributed by atoms with Gasteiger partial charge in [-0.2, -0.15) is 4.37 Å². The van der Waals surface area contributed by atoms with Crippen LogP contribution in [0.5, 0.6) is 0 Å². The van der Waals surface area contributed by atoms with Crippen LogP contribution in [0.1, 0.15) is 23.0 Å². The van der Waals surface area contributed by atoms with Crippen molar-refractivity contribution in [3.63, 3.8) is 0 Å². The number of carbonyl (C=O) groups excluding carboxylic acids is 1. The molecule has 5 heteroatoms. The van der Waals surface area contributed by atoms with E-state index in [2.05, 4.69) is 11.3 Å². The standard InChI is InChI=1S/C16H19N3OS/c1-11-7-12(9-17)10-19(11)16(20)15-8-14(18-21-15)13-5-3-2-4-6-13/h2-6,8,11-12H,7,9-10,17H2,1H3. The normalized spacial score (nSPS) is 21.7. The molecule has 0 saturated carbocycles. The summed E-state index contributed by atoms with van der Waals surface area (Å²) in [5, 5.41) is 0. The van der Waals surface area contributed by atoms with E-state index in [1.165, 1.54) is 11.5 Å². The highest BCUT2D eigenvalue weighted by molar-refractivity contribution is 7.08. The van der Waals surface area contributed by atoms with Crippen molar-refractivity contribution in [2.45, 2.75) is 19.4 Å². The Morgan fingerprint density at radius 2 is 2.19 bits per heavy atom. The molecule has 3 rings (SSSR count). The van der Waals surface area contributed by atoms with E-state index >= 15 is 0 Å². The van der Waals surface area contributed by atoms with Gasteiger partial charge in [0.25, 0.3) is 5.91 Å². The van der Waals surface area contributed by atoms with Crippen molar-refractivity contribution in [1.82, 2.24) is 9.27 Å². The van der Waals surface area contributed by atoms with Gasteiger partial charge in [0.15, 0.2) is 0 Å². The predicted molar refractivity (Wildman–Crippen MR) is 85.2 cm³/mol. The molecule has 0 aliphatic carbocycles. The van der Waals surface area contributed by atoms with Crippen LogP contribution in [0.3, 0.4) is 0 Å². The first-order chi connectivity index (χ1) is 10.2. The highest BCUT2D eigenvalue weighted by atomic mass is 32.1. The second kappa shape index (κ2) is 5.95. The van der Waals surface area contributed by atoms with Crippen molar-refractivity contribution >= 4 is 17.4 Å². The lowest BCUT2D eigenvalue weighted by Crippen LogP contribution is -2.33. The molecule has 0 spiro atoms. The number of nitrogens with zero attached hydrogens (tertiary/aromatic N) is 2. The zero-order valence-corrected chi connectivity index (χ0v) is 12.8. The Hall–Kier alpha value is -1.72. The maximum absolute atomic E-state index is 12.6. The van der Waals surface area contributed by atoms with E-state index in [1.807, 2.05) is 41.3 Å². The fourth-order valence-corrected chi connectivity index (χ4v) is 3.57. The third-order valence-electron chi connectivity index (χ3n) is 4.05. The van der Waals surface area contributed by atoms with Crippen LogP contribution in [-0.4, -0.2) is 34.3 Å². The van der Waals surface area contributed by atoms with Gasteiger partial charge in [-0.1, -0.05) is 30.3 Å². The molecule has 0 radical (unpaired) electrons. The van der Waals surface area contributed by atoms with Crippen LogP contribution in [0.2, 0.25) is 0 Å². The van der Waals surface area contributed by atoms with Crippen molar-refractivity contribution < 1.29 is 4.79 Å². The molecule has 2 N–H and O–H groups in total. The third kappa shape index (κ3) is 2.84. The first-order valence-corrected chi connectivity index (χ1v) is 7.99. The van der Waals surface area contributed by atoms with Gasteiger partial charge in [-0.3, -0.25) is 4.79 Å². The number of nitrogens with two attached hydrogens (primary N) is 1. The van der Waals surface area contributed by atoms with Crippen LogP contribution in [0.15, 0.2) is 36.4 Å². The Morgan fingerprint density at radius 1 is 1.43 bits per heavy atom. The van der Waals surface area contributed by atoms with E-state index < -0.39 is 0 Å². The quantitative estimate of drug-likeness (QED) is 0.948. The van der Waals surface area contributed by atoms with E-state index in [1.54, 1.807) is 0 Å². The van der Waals surface area contributed by atoms with E-state index in [4.69, 9.17) is 5.73 Å². The van der Waals surface area contributed by atoms with Crippen molar-refractivity contribution in [1.29, 1.82) is 0 Å². The Morgan fingerprint density at radius 3 is 2.86 bits per heavy atom. The van der Waals surface area contributed by atoms with Crippen LogP contribution < -0.4 is 5.73 Å². The maximum atomic E-state index is 12.6. The van der Waals surface area contributed by atoms with Crippen molar-refractivity contribution in [2.24, 2.45) is 11.7 Å². The number of carbonyl (C=O) groups is 1. The van der Waals surface area contributed by atoms with Crippen LogP contribution in [0.4, 0.5) is 0 Å². The molecule has 1 aromatic heterocycles. The number of benzene rings is 1. The zero-order valence-electron chi connectivity index (χ0n) is 12.0. The monoisotopic (exact) mass is 301 g/mol. The minimum absolute atomic E-state index is 0.0816. The maximum Gasteiger partial charge on any atom is 0.265 e. The Bertz CT molecular complexity index is 625. The molecular formula is C16H19N3OS. The van der Waals surface area contributed by atoms with Gasteiger partial charge in [-0.05, 0) is 43.4 Å². The van der Waals surface area contributed by atoms with Crippen LogP contribution >= 0.6 is 11.5 Å². The van der Waals surface area contributed by atoms with Crippen LogP contribution in [-0.2, 0) is 0 Å². The largest absolute Gasteiger partial charge is 0.335 e. The lowest BCUT2D eigenvalue weighted by Gasteiger charge is -2.20. The van der Waals surface area contributed by atoms with Gasteiger partial charge in [-0.15, -0.1) is 0 Å². The SMILES string of the molecule is CC1CC(CN)CN1C(=O)c1cc(-c2ccccc2)ns1. The molecule has 1 aromatic carbocycles. The summed E-state index contributed by atoms with van der Waals surface area (Å²) in [4.78, 5) is 15.3. The van der Waals surface area contributed by atoms with Gasteiger partial charge < -0.3 is 10.6 Å². The topological polar surface area (TPSA) is 59.2 Å². The van der Waals surface area contributed by atoms with Crippen molar-refractivity contribution in [3.8, 4) is 11.3 Å². The number of rotatable bonds is 3. The predicted octanol–water partition coefficient (Wildman–Crippen LogP) is 2.62. The van der Waals surface area contributed by atoms with Gasteiger partial charge in [0.2, 0.25) is 0 Å². The number of hydrogen-bond donors (Lipinski definition) is 1. The molecule has 1 aliphatic heterocycles. The van der Waals surface area contributed by atoms with Gasteiger partial charge >= 0.3 is 0 Å². The Labute approximate surface area is 128 Å². The minimum atomic E-state index is 0.0816. The molecule has 1 fully saturated rings. The molecule has 2 heterocycles.